The van der Waals surface area contributed by atoms with Crippen LogP contribution in [0.25, 0.3) is 5.69 Å². The first-order chi connectivity index (χ1) is 14.6. The third-order valence-corrected chi connectivity index (χ3v) is 6.07. The first-order valence-electron chi connectivity index (χ1n) is 10.4. The minimum absolute atomic E-state index is 0.0304. The highest BCUT2D eigenvalue weighted by molar-refractivity contribution is 6.32. The van der Waals surface area contributed by atoms with E-state index in [1.165, 1.54) is 0 Å². The number of amides is 2. The molecular weight excluding hydrogens is 404 g/mol. The maximum atomic E-state index is 12.8. The topological polar surface area (TPSA) is 96.5 Å². The summed E-state index contributed by atoms with van der Waals surface area (Å²) in [6.07, 6.45) is 6.12. The van der Waals surface area contributed by atoms with Crippen LogP contribution in [0, 0.1) is 0 Å². The van der Waals surface area contributed by atoms with Crippen LogP contribution in [0.1, 0.15) is 24.8 Å². The number of para-hydroxylation sites is 1. The average Bonchev–Trinajstić information content (AvgIpc) is 3.20. The van der Waals surface area contributed by atoms with E-state index >= 15 is 0 Å². The fourth-order valence-electron chi connectivity index (χ4n) is 4.16. The molecule has 0 radical (unpaired) electrons. The van der Waals surface area contributed by atoms with Crippen molar-refractivity contribution in [1.29, 1.82) is 0 Å². The second-order valence-corrected chi connectivity index (χ2v) is 8.28. The van der Waals surface area contributed by atoms with Gasteiger partial charge in [-0.05, 0) is 37.9 Å². The van der Waals surface area contributed by atoms with E-state index in [0.29, 0.717) is 37.6 Å². The van der Waals surface area contributed by atoms with Gasteiger partial charge in [0, 0.05) is 37.9 Å². The molecule has 0 aliphatic carbocycles. The molecule has 2 amide bonds. The largest absolute Gasteiger partial charge is 0.342 e. The summed E-state index contributed by atoms with van der Waals surface area (Å²) >= 11 is 6.26. The quantitative estimate of drug-likeness (QED) is 0.643. The normalized spacial score (nSPS) is 22.1. The molecule has 0 spiro atoms. The molecule has 2 fully saturated rings. The zero-order chi connectivity index (χ0) is 21.1. The van der Waals surface area contributed by atoms with Crippen LogP contribution >= 0.6 is 11.6 Å². The summed E-state index contributed by atoms with van der Waals surface area (Å²) in [5.74, 6) is -0.0355. The van der Waals surface area contributed by atoms with E-state index < -0.39 is 12.1 Å². The summed E-state index contributed by atoms with van der Waals surface area (Å²) in [7, 11) is 0. The second-order valence-electron chi connectivity index (χ2n) is 7.87. The van der Waals surface area contributed by atoms with Crippen LogP contribution < -0.4 is 11.1 Å². The molecule has 8 nitrogen and oxygen atoms in total. The van der Waals surface area contributed by atoms with Crippen LogP contribution in [0.3, 0.4) is 0 Å². The molecule has 2 aliphatic heterocycles. The number of nitrogens with zero attached hydrogens (tertiary/aromatic N) is 4. The molecule has 30 heavy (non-hydrogen) atoms. The number of piperazine rings is 2. The molecule has 3 N–H and O–H groups in total. The molecule has 2 atom stereocenters. The highest BCUT2D eigenvalue weighted by Crippen LogP contribution is 2.22. The molecule has 3 heterocycles. The van der Waals surface area contributed by atoms with E-state index in [2.05, 4.69) is 15.3 Å². The van der Waals surface area contributed by atoms with Crippen molar-refractivity contribution in [2.75, 3.05) is 26.2 Å². The molecule has 1 aromatic carbocycles. The number of benzene rings is 1. The van der Waals surface area contributed by atoms with Gasteiger partial charge in [0.05, 0.1) is 16.9 Å². The lowest BCUT2D eigenvalue weighted by atomic mass is 10.00. The molecule has 2 aromatic rings. The van der Waals surface area contributed by atoms with E-state index in [-0.39, 0.29) is 11.8 Å². The van der Waals surface area contributed by atoms with Gasteiger partial charge in [0.2, 0.25) is 11.8 Å². The van der Waals surface area contributed by atoms with E-state index in [9.17, 15) is 9.59 Å². The Hall–Kier alpha value is -2.42. The number of halogens is 1. The molecule has 2 aliphatic rings. The van der Waals surface area contributed by atoms with Crippen molar-refractivity contribution in [1.82, 2.24) is 24.9 Å². The van der Waals surface area contributed by atoms with Crippen molar-refractivity contribution in [2.45, 2.75) is 37.9 Å². The first-order valence-corrected chi connectivity index (χ1v) is 10.8. The Kier molecular flexibility index (Phi) is 6.36. The minimum atomic E-state index is -0.435. The van der Waals surface area contributed by atoms with Crippen LogP contribution in [0.2, 0.25) is 5.02 Å². The molecular formula is C21H27ClN6O2. The lowest BCUT2D eigenvalue weighted by Gasteiger charge is -2.45. The standard InChI is InChI=1S/C21H27ClN6O2/c22-16-5-1-2-7-18(16)28-13-15(11-24-28)12-26-9-10-27-19(14-26)20(29)25-17(21(27)30)6-3-4-8-23/h1-2,5,7,11,13,17,19H,3-4,6,8-10,12,14,23H2,(H,25,29)/t17-,19+/m0/s1. The van der Waals surface area contributed by atoms with Gasteiger partial charge in [-0.1, -0.05) is 23.7 Å². The SMILES string of the molecule is NCCCC[C@@H]1NC(=O)[C@H]2CN(Cc3cnn(-c4ccccc4Cl)c3)CCN2C1=O. The van der Waals surface area contributed by atoms with Gasteiger partial charge >= 0.3 is 0 Å². The zero-order valence-corrected chi connectivity index (χ0v) is 17.6. The average molecular weight is 431 g/mol. The van der Waals surface area contributed by atoms with Gasteiger partial charge in [-0.25, -0.2) is 4.68 Å². The van der Waals surface area contributed by atoms with Crippen LogP contribution in [0.5, 0.6) is 0 Å². The van der Waals surface area contributed by atoms with E-state index in [1.807, 2.05) is 36.7 Å². The number of unbranched alkanes of at least 4 members (excludes halogenated alkanes) is 1. The number of hydrogen-bond donors (Lipinski definition) is 2. The van der Waals surface area contributed by atoms with Crippen molar-refractivity contribution < 1.29 is 9.59 Å². The Morgan fingerprint density at radius 1 is 1.20 bits per heavy atom. The highest BCUT2D eigenvalue weighted by Gasteiger charge is 2.43. The molecule has 4 rings (SSSR count). The summed E-state index contributed by atoms with van der Waals surface area (Å²) < 4.78 is 1.76. The van der Waals surface area contributed by atoms with Gasteiger partial charge < -0.3 is 16.0 Å². The molecule has 0 saturated carbocycles. The van der Waals surface area contributed by atoms with Crippen molar-refractivity contribution >= 4 is 23.4 Å². The number of hydrogen-bond acceptors (Lipinski definition) is 5. The van der Waals surface area contributed by atoms with Crippen molar-refractivity contribution in [3.8, 4) is 5.69 Å². The first kappa shape index (κ1) is 20.8. The summed E-state index contributed by atoms with van der Waals surface area (Å²) in [5, 5.41) is 7.97. The van der Waals surface area contributed by atoms with Crippen molar-refractivity contribution in [2.24, 2.45) is 5.73 Å². The van der Waals surface area contributed by atoms with E-state index in [4.69, 9.17) is 17.3 Å². The number of fused-ring (bicyclic) bond motifs is 1. The highest BCUT2D eigenvalue weighted by atomic mass is 35.5. The van der Waals surface area contributed by atoms with Gasteiger partial charge in [0.15, 0.2) is 0 Å². The molecule has 160 valence electrons. The number of nitrogens with one attached hydrogen (secondary N) is 1. The van der Waals surface area contributed by atoms with Crippen molar-refractivity contribution in [3.63, 3.8) is 0 Å². The van der Waals surface area contributed by atoms with Gasteiger partial charge in [-0.2, -0.15) is 5.10 Å². The monoisotopic (exact) mass is 430 g/mol. The Labute approximate surface area is 180 Å². The van der Waals surface area contributed by atoms with Crippen LogP contribution in [-0.2, 0) is 16.1 Å². The molecule has 2 saturated heterocycles. The van der Waals surface area contributed by atoms with Crippen LogP contribution in [-0.4, -0.2) is 69.7 Å². The lowest BCUT2D eigenvalue weighted by Crippen LogP contribution is -2.69. The number of aromatic nitrogens is 2. The smallest absolute Gasteiger partial charge is 0.245 e. The molecule has 0 unspecified atom stereocenters. The zero-order valence-electron chi connectivity index (χ0n) is 16.8. The van der Waals surface area contributed by atoms with Crippen LogP contribution in [0.4, 0.5) is 0 Å². The second kappa shape index (κ2) is 9.16. The van der Waals surface area contributed by atoms with Gasteiger partial charge in [-0.3, -0.25) is 14.5 Å². The Bertz CT molecular complexity index is 916. The number of carbonyl (C=O) groups excluding carboxylic acids is 2. The fraction of sp³-hybridized carbons (Fsp3) is 0.476. The van der Waals surface area contributed by atoms with Crippen molar-refractivity contribution in [3.05, 3.63) is 47.2 Å². The third-order valence-electron chi connectivity index (χ3n) is 5.75. The van der Waals surface area contributed by atoms with Gasteiger partial charge in [0.25, 0.3) is 0 Å². The van der Waals surface area contributed by atoms with E-state index in [0.717, 1.165) is 30.6 Å². The summed E-state index contributed by atoms with van der Waals surface area (Å²) in [4.78, 5) is 29.4. The number of carbonyl (C=O) groups is 2. The predicted octanol–water partition coefficient (Wildman–Crippen LogP) is 1.17. The van der Waals surface area contributed by atoms with Gasteiger partial charge in [-0.15, -0.1) is 0 Å². The number of nitrogens with two attached hydrogens (primary N) is 1. The Morgan fingerprint density at radius 2 is 2.03 bits per heavy atom. The van der Waals surface area contributed by atoms with E-state index in [1.54, 1.807) is 9.58 Å². The molecule has 0 bridgehead atoms. The maximum absolute atomic E-state index is 12.8. The predicted molar refractivity (Wildman–Crippen MR) is 114 cm³/mol. The summed E-state index contributed by atoms with van der Waals surface area (Å²) in [6, 6.07) is 6.70. The lowest BCUT2D eigenvalue weighted by molar-refractivity contribution is -0.153. The van der Waals surface area contributed by atoms with Gasteiger partial charge in [0.1, 0.15) is 12.1 Å². The summed E-state index contributed by atoms with van der Waals surface area (Å²) in [6.45, 7) is 3.06. The third kappa shape index (κ3) is 4.35. The Morgan fingerprint density at radius 3 is 2.83 bits per heavy atom. The summed E-state index contributed by atoms with van der Waals surface area (Å²) in [5.41, 5.74) is 7.39. The molecule has 1 aromatic heterocycles. The minimum Gasteiger partial charge on any atom is -0.342 e. The Balaban J connectivity index is 1.38. The fourth-order valence-corrected chi connectivity index (χ4v) is 4.38. The number of rotatable bonds is 7. The molecule has 9 heteroatoms. The maximum Gasteiger partial charge on any atom is 0.245 e. The van der Waals surface area contributed by atoms with Crippen LogP contribution in [0.15, 0.2) is 36.7 Å².